The molecule has 0 spiro atoms. The lowest BCUT2D eigenvalue weighted by atomic mass is 9.94. The molecule has 0 saturated carbocycles. The van der Waals surface area contributed by atoms with Crippen LogP contribution in [0.15, 0.2) is 22.8 Å². The van der Waals surface area contributed by atoms with Crippen LogP contribution in [-0.2, 0) is 6.42 Å². The minimum absolute atomic E-state index is 0.640. The smallest absolute Gasteiger partial charge is 0.105 e. The van der Waals surface area contributed by atoms with Crippen molar-refractivity contribution in [1.82, 2.24) is 10.2 Å². The van der Waals surface area contributed by atoms with Crippen molar-refractivity contribution in [3.8, 4) is 0 Å². The van der Waals surface area contributed by atoms with Crippen molar-refractivity contribution in [2.75, 3.05) is 19.6 Å². The number of rotatable bonds is 6. The zero-order chi connectivity index (χ0) is 14.5. The Morgan fingerprint density at radius 2 is 2.15 bits per heavy atom. The first-order valence-electron chi connectivity index (χ1n) is 8.06. The van der Waals surface area contributed by atoms with Gasteiger partial charge in [0.15, 0.2) is 0 Å². The van der Waals surface area contributed by atoms with Crippen molar-refractivity contribution in [2.24, 2.45) is 11.8 Å². The Morgan fingerprint density at radius 3 is 2.75 bits per heavy atom. The maximum atomic E-state index is 5.47. The van der Waals surface area contributed by atoms with E-state index in [0.29, 0.717) is 18.0 Å². The van der Waals surface area contributed by atoms with Crippen LogP contribution in [0.1, 0.15) is 39.9 Å². The van der Waals surface area contributed by atoms with Gasteiger partial charge in [0.2, 0.25) is 0 Å². The third-order valence-electron chi connectivity index (χ3n) is 4.29. The molecular weight excluding hydrogens is 248 g/mol. The van der Waals surface area contributed by atoms with Crippen LogP contribution in [0, 0.1) is 11.8 Å². The molecular formula is C17H30N2O. The highest BCUT2D eigenvalue weighted by atomic mass is 16.3. The summed E-state index contributed by atoms with van der Waals surface area (Å²) in [5, 5.41) is 3.74. The summed E-state index contributed by atoms with van der Waals surface area (Å²) < 4.78 is 5.47. The molecule has 0 aliphatic carbocycles. The normalized spacial score (nSPS) is 24.7. The topological polar surface area (TPSA) is 28.4 Å². The summed E-state index contributed by atoms with van der Waals surface area (Å²) in [4.78, 5) is 2.66. The van der Waals surface area contributed by atoms with E-state index in [-0.39, 0.29) is 0 Å². The van der Waals surface area contributed by atoms with Gasteiger partial charge < -0.3 is 9.73 Å². The molecule has 2 atom stereocenters. The molecule has 1 aliphatic rings. The van der Waals surface area contributed by atoms with Crippen LogP contribution in [0.5, 0.6) is 0 Å². The molecule has 2 heterocycles. The number of furan rings is 1. The Labute approximate surface area is 123 Å². The van der Waals surface area contributed by atoms with Gasteiger partial charge in [0, 0.05) is 38.1 Å². The lowest BCUT2D eigenvalue weighted by molar-refractivity contribution is 0.0919. The summed E-state index contributed by atoms with van der Waals surface area (Å²) >= 11 is 0. The molecule has 0 amide bonds. The minimum atomic E-state index is 0.640. The predicted octanol–water partition coefficient (Wildman–Crippen LogP) is 3.17. The number of hydrogen-bond acceptors (Lipinski definition) is 3. The monoisotopic (exact) mass is 278 g/mol. The van der Waals surface area contributed by atoms with E-state index in [1.807, 2.05) is 6.07 Å². The van der Waals surface area contributed by atoms with Gasteiger partial charge in [0.05, 0.1) is 6.26 Å². The van der Waals surface area contributed by atoms with E-state index >= 15 is 0 Å². The molecule has 1 aromatic heterocycles. The van der Waals surface area contributed by atoms with Crippen LogP contribution in [0.25, 0.3) is 0 Å². The second-order valence-electron chi connectivity index (χ2n) is 6.87. The number of nitrogens with zero attached hydrogens (tertiary/aromatic N) is 1. The fraction of sp³-hybridized carbons (Fsp3) is 0.765. The van der Waals surface area contributed by atoms with E-state index < -0.39 is 0 Å². The van der Waals surface area contributed by atoms with Gasteiger partial charge in [-0.3, -0.25) is 4.90 Å². The van der Waals surface area contributed by atoms with E-state index in [1.165, 1.54) is 13.0 Å². The number of piperazine rings is 1. The highest BCUT2D eigenvalue weighted by molar-refractivity contribution is 4.99. The highest BCUT2D eigenvalue weighted by Crippen LogP contribution is 2.19. The molecule has 1 N–H and O–H groups in total. The summed E-state index contributed by atoms with van der Waals surface area (Å²) in [6, 6.07) is 5.35. The van der Waals surface area contributed by atoms with Gasteiger partial charge in [-0.2, -0.15) is 0 Å². The van der Waals surface area contributed by atoms with Gasteiger partial charge in [-0.15, -0.1) is 0 Å². The standard InChI is InChI=1S/C17H30N2O/c1-13(2)10-15-12-19(17(11-18-15)14(3)4)8-7-16-6-5-9-20-16/h5-6,9,13-15,17-18H,7-8,10-12H2,1-4H3. The fourth-order valence-electron chi connectivity index (χ4n) is 3.25. The van der Waals surface area contributed by atoms with Crippen molar-refractivity contribution < 1.29 is 4.42 Å². The lowest BCUT2D eigenvalue weighted by Gasteiger charge is -2.43. The molecule has 0 bridgehead atoms. The van der Waals surface area contributed by atoms with Crippen molar-refractivity contribution in [2.45, 2.75) is 52.6 Å². The van der Waals surface area contributed by atoms with Crippen LogP contribution < -0.4 is 5.32 Å². The number of hydrogen-bond donors (Lipinski definition) is 1. The predicted molar refractivity (Wildman–Crippen MR) is 83.9 cm³/mol. The van der Waals surface area contributed by atoms with Crippen molar-refractivity contribution >= 4 is 0 Å². The summed E-state index contributed by atoms with van der Waals surface area (Å²) in [7, 11) is 0. The van der Waals surface area contributed by atoms with E-state index in [4.69, 9.17) is 4.42 Å². The van der Waals surface area contributed by atoms with E-state index in [2.05, 4.69) is 44.0 Å². The molecule has 2 rings (SSSR count). The first-order chi connectivity index (χ1) is 9.56. The Morgan fingerprint density at radius 1 is 1.35 bits per heavy atom. The summed E-state index contributed by atoms with van der Waals surface area (Å²) in [6.45, 7) is 12.7. The Balaban J connectivity index is 1.92. The maximum absolute atomic E-state index is 5.47. The van der Waals surface area contributed by atoms with Gasteiger partial charge in [-0.25, -0.2) is 0 Å². The second kappa shape index (κ2) is 7.28. The van der Waals surface area contributed by atoms with E-state index in [0.717, 1.165) is 31.2 Å². The molecule has 114 valence electrons. The quantitative estimate of drug-likeness (QED) is 0.866. The summed E-state index contributed by atoms with van der Waals surface area (Å²) in [5.41, 5.74) is 0. The third kappa shape index (κ3) is 4.35. The van der Waals surface area contributed by atoms with Crippen LogP contribution in [0.3, 0.4) is 0 Å². The molecule has 3 heteroatoms. The van der Waals surface area contributed by atoms with Crippen LogP contribution in [-0.4, -0.2) is 36.6 Å². The molecule has 20 heavy (non-hydrogen) atoms. The Bertz CT molecular complexity index is 372. The highest BCUT2D eigenvalue weighted by Gasteiger charge is 2.29. The van der Waals surface area contributed by atoms with Crippen LogP contribution in [0.4, 0.5) is 0 Å². The molecule has 1 saturated heterocycles. The van der Waals surface area contributed by atoms with Gasteiger partial charge in [0.25, 0.3) is 0 Å². The average Bonchev–Trinajstić information content (AvgIpc) is 2.88. The Kier molecular flexibility index (Phi) is 5.67. The summed E-state index contributed by atoms with van der Waals surface area (Å²) in [5.74, 6) is 2.56. The van der Waals surface area contributed by atoms with Gasteiger partial charge in [0.1, 0.15) is 5.76 Å². The number of nitrogens with one attached hydrogen (secondary N) is 1. The molecule has 0 radical (unpaired) electrons. The van der Waals surface area contributed by atoms with Gasteiger partial charge >= 0.3 is 0 Å². The zero-order valence-electron chi connectivity index (χ0n) is 13.4. The van der Waals surface area contributed by atoms with Gasteiger partial charge in [-0.1, -0.05) is 27.7 Å². The van der Waals surface area contributed by atoms with Crippen molar-refractivity contribution in [3.05, 3.63) is 24.2 Å². The Hall–Kier alpha value is -0.800. The third-order valence-corrected chi connectivity index (χ3v) is 4.29. The fourth-order valence-corrected chi connectivity index (χ4v) is 3.25. The molecule has 0 aromatic carbocycles. The summed E-state index contributed by atoms with van der Waals surface area (Å²) in [6.07, 6.45) is 4.06. The van der Waals surface area contributed by atoms with E-state index in [9.17, 15) is 0 Å². The lowest BCUT2D eigenvalue weighted by Crippen LogP contribution is -2.58. The SMILES string of the molecule is CC(C)CC1CN(CCc2ccco2)C(C(C)C)CN1. The van der Waals surface area contributed by atoms with Gasteiger partial charge in [-0.05, 0) is 30.4 Å². The first kappa shape index (κ1) is 15.6. The van der Waals surface area contributed by atoms with Crippen molar-refractivity contribution in [1.29, 1.82) is 0 Å². The molecule has 1 fully saturated rings. The van der Waals surface area contributed by atoms with Crippen LogP contribution >= 0.6 is 0 Å². The average molecular weight is 278 g/mol. The largest absolute Gasteiger partial charge is 0.469 e. The molecule has 3 nitrogen and oxygen atoms in total. The first-order valence-corrected chi connectivity index (χ1v) is 8.06. The second-order valence-corrected chi connectivity index (χ2v) is 6.87. The van der Waals surface area contributed by atoms with Crippen LogP contribution in [0.2, 0.25) is 0 Å². The van der Waals surface area contributed by atoms with Crippen molar-refractivity contribution in [3.63, 3.8) is 0 Å². The molecule has 1 aromatic rings. The zero-order valence-corrected chi connectivity index (χ0v) is 13.4. The van der Waals surface area contributed by atoms with E-state index in [1.54, 1.807) is 6.26 Å². The molecule has 1 aliphatic heterocycles. The maximum Gasteiger partial charge on any atom is 0.105 e. The molecule has 2 unspecified atom stereocenters. The minimum Gasteiger partial charge on any atom is -0.469 e.